The fraction of sp³-hybridized carbons (Fsp3) is 0.533. The molecule has 0 spiro atoms. The molecular weight excluding hydrogens is 258 g/mol. The first-order valence-electron chi connectivity index (χ1n) is 6.91. The van der Waals surface area contributed by atoms with Crippen LogP contribution in [0.25, 0.3) is 0 Å². The van der Waals surface area contributed by atoms with Crippen LogP contribution < -0.4 is 5.32 Å². The van der Waals surface area contributed by atoms with Gasteiger partial charge in [0.1, 0.15) is 11.5 Å². The number of aliphatic hydroxyl groups excluding tert-OH is 1. The van der Waals surface area contributed by atoms with Gasteiger partial charge in [0.05, 0.1) is 17.7 Å². The Morgan fingerprint density at radius 3 is 2.55 bits per heavy atom. The zero-order valence-electron chi connectivity index (χ0n) is 11.6. The molecule has 0 aliphatic heterocycles. The van der Waals surface area contributed by atoms with Gasteiger partial charge >= 0.3 is 0 Å². The molecule has 0 unspecified atom stereocenters. The lowest BCUT2D eigenvalue weighted by atomic mass is 9.77. The molecule has 4 N–H and O–H groups in total. The topological polar surface area (TPSA) is 89.8 Å². The van der Waals surface area contributed by atoms with Gasteiger partial charge in [0.15, 0.2) is 0 Å². The fourth-order valence-corrected chi connectivity index (χ4v) is 2.66. The Kier molecular flexibility index (Phi) is 4.18. The molecule has 1 aromatic rings. The highest BCUT2D eigenvalue weighted by atomic mass is 16.3. The van der Waals surface area contributed by atoms with Crippen molar-refractivity contribution in [2.45, 2.75) is 38.1 Å². The molecule has 110 valence electrons. The zero-order valence-corrected chi connectivity index (χ0v) is 11.6. The number of carbonyl (C=O) groups excluding carboxylic acids is 1. The van der Waals surface area contributed by atoms with Crippen molar-refractivity contribution in [1.82, 2.24) is 5.32 Å². The maximum absolute atomic E-state index is 12.2. The largest absolute Gasteiger partial charge is 0.508 e. The quantitative estimate of drug-likeness (QED) is 0.679. The third-order valence-electron chi connectivity index (χ3n) is 4.14. The van der Waals surface area contributed by atoms with Crippen LogP contribution in [-0.4, -0.2) is 33.4 Å². The van der Waals surface area contributed by atoms with E-state index in [0.29, 0.717) is 5.92 Å². The van der Waals surface area contributed by atoms with E-state index in [9.17, 15) is 20.1 Å². The van der Waals surface area contributed by atoms with Crippen LogP contribution in [-0.2, 0) is 0 Å². The lowest BCUT2D eigenvalue weighted by Crippen LogP contribution is -2.53. The van der Waals surface area contributed by atoms with Crippen LogP contribution >= 0.6 is 0 Å². The summed E-state index contributed by atoms with van der Waals surface area (Å²) >= 11 is 0. The van der Waals surface area contributed by atoms with Gasteiger partial charge in [-0.05, 0) is 43.7 Å². The minimum Gasteiger partial charge on any atom is -0.508 e. The van der Waals surface area contributed by atoms with Gasteiger partial charge in [-0.25, -0.2) is 0 Å². The molecule has 1 aliphatic rings. The van der Waals surface area contributed by atoms with Crippen LogP contribution in [0.3, 0.4) is 0 Å². The number of nitrogens with one attached hydrogen (secondary N) is 1. The van der Waals surface area contributed by atoms with E-state index < -0.39 is 11.4 Å². The molecule has 0 aromatic heterocycles. The number of phenolic OH excluding ortho intramolecular Hbond substituents is 2. The van der Waals surface area contributed by atoms with E-state index in [1.165, 1.54) is 12.1 Å². The lowest BCUT2D eigenvalue weighted by Gasteiger charge is -2.38. The minimum atomic E-state index is -0.603. The molecule has 0 radical (unpaired) electrons. The second kappa shape index (κ2) is 5.71. The van der Waals surface area contributed by atoms with Crippen molar-refractivity contribution in [3.8, 4) is 11.5 Å². The van der Waals surface area contributed by atoms with E-state index in [1.54, 1.807) is 0 Å². The summed E-state index contributed by atoms with van der Waals surface area (Å²) < 4.78 is 0. The summed E-state index contributed by atoms with van der Waals surface area (Å²) in [5, 5.41) is 31.4. The highest BCUT2D eigenvalue weighted by Gasteiger charge is 2.35. The Hall–Kier alpha value is -1.75. The summed E-state index contributed by atoms with van der Waals surface area (Å²) in [6.07, 6.45) is 3.38. The molecule has 0 atom stereocenters. The average molecular weight is 279 g/mol. The highest BCUT2D eigenvalue weighted by molar-refractivity contribution is 5.97. The molecule has 5 heteroatoms. The predicted molar refractivity (Wildman–Crippen MR) is 74.7 cm³/mol. The third kappa shape index (κ3) is 3.04. The Balaban J connectivity index is 2.13. The van der Waals surface area contributed by atoms with Gasteiger partial charge in [0, 0.05) is 6.07 Å². The molecule has 20 heavy (non-hydrogen) atoms. The summed E-state index contributed by atoms with van der Waals surface area (Å²) in [6.45, 7) is 2.05. The molecule has 0 saturated heterocycles. The maximum Gasteiger partial charge on any atom is 0.255 e. The lowest BCUT2D eigenvalue weighted by molar-refractivity contribution is 0.0715. The van der Waals surface area contributed by atoms with Crippen molar-refractivity contribution in [3.05, 3.63) is 23.8 Å². The van der Waals surface area contributed by atoms with Crippen molar-refractivity contribution < 1.29 is 20.1 Å². The Morgan fingerprint density at radius 2 is 2.00 bits per heavy atom. The molecule has 1 aliphatic carbocycles. The number of rotatable bonds is 3. The van der Waals surface area contributed by atoms with Crippen molar-refractivity contribution in [2.24, 2.45) is 5.92 Å². The standard InChI is InChI=1S/C15H21NO4/c1-10-4-6-15(9-17,7-5-10)16-14(20)12-3-2-11(18)8-13(12)19/h2-3,8,10,17-19H,4-7,9H2,1H3,(H,16,20). The van der Waals surface area contributed by atoms with E-state index >= 15 is 0 Å². The fourth-order valence-electron chi connectivity index (χ4n) is 2.66. The zero-order chi connectivity index (χ0) is 14.8. The maximum atomic E-state index is 12.2. The summed E-state index contributed by atoms with van der Waals surface area (Å²) in [4.78, 5) is 12.2. The molecule has 5 nitrogen and oxygen atoms in total. The number of hydrogen-bond donors (Lipinski definition) is 4. The van der Waals surface area contributed by atoms with Gasteiger partial charge in [-0.1, -0.05) is 6.92 Å². The molecule has 0 bridgehead atoms. The minimum absolute atomic E-state index is 0.0950. The Morgan fingerprint density at radius 1 is 1.35 bits per heavy atom. The van der Waals surface area contributed by atoms with E-state index in [0.717, 1.165) is 31.7 Å². The number of aromatic hydroxyl groups is 2. The smallest absolute Gasteiger partial charge is 0.255 e. The summed E-state index contributed by atoms with van der Waals surface area (Å²) in [7, 11) is 0. The molecule has 1 saturated carbocycles. The van der Waals surface area contributed by atoms with Crippen LogP contribution in [0, 0.1) is 5.92 Å². The predicted octanol–water partition coefficient (Wildman–Crippen LogP) is 1.77. The van der Waals surface area contributed by atoms with Gasteiger partial charge in [-0.3, -0.25) is 4.79 Å². The first-order chi connectivity index (χ1) is 9.46. The van der Waals surface area contributed by atoms with Crippen LogP contribution in [0.2, 0.25) is 0 Å². The average Bonchev–Trinajstić information content (AvgIpc) is 2.41. The molecule has 1 fully saturated rings. The molecule has 2 rings (SSSR count). The molecular formula is C15H21NO4. The van der Waals surface area contributed by atoms with Gasteiger partial charge in [0.2, 0.25) is 0 Å². The van der Waals surface area contributed by atoms with E-state index in [-0.39, 0.29) is 23.7 Å². The van der Waals surface area contributed by atoms with Crippen LogP contribution in [0.1, 0.15) is 43.0 Å². The van der Waals surface area contributed by atoms with Crippen molar-refractivity contribution in [1.29, 1.82) is 0 Å². The number of benzene rings is 1. The Labute approximate surface area is 118 Å². The molecule has 1 amide bonds. The van der Waals surface area contributed by atoms with Crippen LogP contribution in [0.4, 0.5) is 0 Å². The molecule has 1 aromatic carbocycles. The van der Waals surface area contributed by atoms with E-state index in [1.807, 2.05) is 0 Å². The van der Waals surface area contributed by atoms with Crippen LogP contribution in [0.15, 0.2) is 18.2 Å². The second-order valence-electron chi connectivity index (χ2n) is 5.78. The first-order valence-corrected chi connectivity index (χ1v) is 6.91. The van der Waals surface area contributed by atoms with Crippen LogP contribution in [0.5, 0.6) is 11.5 Å². The SMILES string of the molecule is CC1CCC(CO)(NC(=O)c2ccc(O)cc2O)CC1. The van der Waals surface area contributed by atoms with Crippen molar-refractivity contribution >= 4 is 5.91 Å². The van der Waals surface area contributed by atoms with Gasteiger partial charge < -0.3 is 20.6 Å². The number of carbonyl (C=O) groups is 1. The van der Waals surface area contributed by atoms with Gasteiger partial charge in [-0.15, -0.1) is 0 Å². The third-order valence-corrected chi connectivity index (χ3v) is 4.14. The number of aliphatic hydroxyl groups is 1. The van der Waals surface area contributed by atoms with Gasteiger partial charge in [-0.2, -0.15) is 0 Å². The number of amides is 1. The Bertz CT molecular complexity index is 493. The number of hydrogen-bond acceptors (Lipinski definition) is 4. The van der Waals surface area contributed by atoms with E-state index in [2.05, 4.69) is 12.2 Å². The van der Waals surface area contributed by atoms with E-state index in [4.69, 9.17) is 0 Å². The summed E-state index contributed by atoms with van der Waals surface area (Å²) in [5.74, 6) is -0.179. The number of phenols is 2. The normalized spacial score (nSPS) is 26.2. The second-order valence-corrected chi connectivity index (χ2v) is 5.78. The van der Waals surface area contributed by atoms with Gasteiger partial charge in [0.25, 0.3) is 5.91 Å². The summed E-state index contributed by atoms with van der Waals surface area (Å²) in [6, 6.07) is 3.85. The first kappa shape index (κ1) is 14.7. The summed E-state index contributed by atoms with van der Waals surface area (Å²) in [5.41, 5.74) is -0.497. The van der Waals surface area contributed by atoms with Crippen molar-refractivity contribution in [3.63, 3.8) is 0 Å². The molecule has 0 heterocycles. The van der Waals surface area contributed by atoms with Crippen molar-refractivity contribution in [2.75, 3.05) is 6.61 Å². The monoisotopic (exact) mass is 279 g/mol. The highest BCUT2D eigenvalue weighted by Crippen LogP contribution is 2.32.